The van der Waals surface area contributed by atoms with E-state index in [4.69, 9.17) is 0 Å². The number of carbonyl (C=O) groups is 1. The van der Waals surface area contributed by atoms with Crippen molar-refractivity contribution in [2.24, 2.45) is 0 Å². The third-order valence-electron chi connectivity index (χ3n) is 2.33. The van der Waals surface area contributed by atoms with E-state index in [1.165, 1.54) is 23.6 Å². The first-order valence-electron chi connectivity index (χ1n) is 5.19. The molecule has 0 fully saturated rings. The third kappa shape index (κ3) is 3.04. The monoisotopic (exact) mass is 244 g/mol. The summed E-state index contributed by atoms with van der Waals surface area (Å²) in [6.07, 6.45) is 3.16. The summed E-state index contributed by atoms with van der Waals surface area (Å²) in [7, 11) is 1.37. The van der Waals surface area contributed by atoms with Crippen molar-refractivity contribution in [1.29, 1.82) is 0 Å². The molecule has 2 rings (SSSR count). The van der Waals surface area contributed by atoms with Gasteiger partial charge in [-0.2, -0.15) is 0 Å². The van der Waals surface area contributed by atoms with Crippen molar-refractivity contribution in [1.82, 2.24) is 0 Å². The van der Waals surface area contributed by atoms with Gasteiger partial charge in [0.05, 0.1) is 7.11 Å². The topological polar surface area (TPSA) is 26.3 Å². The molecule has 0 N–H and O–H groups in total. The second-order valence-electron chi connectivity index (χ2n) is 3.46. The van der Waals surface area contributed by atoms with Crippen LogP contribution in [0.1, 0.15) is 5.56 Å². The first-order valence-corrected chi connectivity index (χ1v) is 6.07. The Morgan fingerprint density at radius 2 is 2.00 bits per heavy atom. The summed E-state index contributed by atoms with van der Waals surface area (Å²) in [6.45, 7) is 0. The molecule has 0 radical (unpaired) electrons. The highest BCUT2D eigenvalue weighted by Crippen LogP contribution is 2.24. The molecule has 0 aliphatic carbocycles. The number of methoxy groups -OCH3 is 1. The Bertz CT molecular complexity index is 510. The number of hydrogen-bond acceptors (Lipinski definition) is 3. The lowest BCUT2D eigenvalue weighted by molar-refractivity contribution is -0.134. The zero-order valence-corrected chi connectivity index (χ0v) is 10.2. The molecule has 0 aliphatic heterocycles. The van der Waals surface area contributed by atoms with Crippen LogP contribution in [0.15, 0.2) is 47.9 Å². The van der Waals surface area contributed by atoms with Gasteiger partial charge in [0.25, 0.3) is 0 Å². The van der Waals surface area contributed by atoms with Crippen LogP contribution in [0, 0.1) is 0 Å². The number of carbonyl (C=O) groups excluding carboxylic acids is 1. The number of thiophene rings is 1. The molecular weight excluding hydrogens is 232 g/mol. The molecule has 0 saturated heterocycles. The Balaban J connectivity index is 2.14. The molecule has 1 aromatic heterocycles. The van der Waals surface area contributed by atoms with Crippen LogP contribution in [0.3, 0.4) is 0 Å². The van der Waals surface area contributed by atoms with Crippen molar-refractivity contribution in [3.8, 4) is 10.4 Å². The van der Waals surface area contributed by atoms with Crippen LogP contribution in [-0.2, 0) is 9.53 Å². The molecule has 1 heterocycles. The fourth-order valence-electron chi connectivity index (χ4n) is 1.43. The van der Waals surface area contributed by atoms with Gasteiger partial charge in [-0.1, -0.05) is 30.3 Å². The molecule has 0 unspecified atom stereocenters. The molecule has 0 amide bonds. The molecule has 0 spiro atoms. The Morgan fingerprint density at radius 1 is 1.24 bits per heavy atom. The molecule has 1 aromatic carbocycles. The van der Waals surface area contributed by atoms with E-state index in [-0.39, 0.29) is 5.97 Å². The van der Waals surface area contributed by atoms with Crippen LogP contribution in [0.4, 0.5) is 0 Å². The Morgan fingerprint density at radius 3 is 2.59 bits per heavy atom. The van der Waals surface area contributed by atoms with Crippen molar-refractivity contribution in [2.75, 3.05) is 7.11 Å². The van der Waals surface area contributed by atoms with Crippen LogP contribution < -0.4 is 0 Å². The molecule has 17 heavy (non-hydrogen) atoms. The van der Waals surface area contributed by atoms with E-state index in [1.807, 2.05) is 30.3 Å². The summed E-state index contributed by atoms with van der Waals surface area (Å²) in [5, 5.41) is 2.06. The predicted molar refractivity (Wildman–Crippen MR) is 70.8 cm³/mol. The van der Waals surface area contributed by atoms with Gasteiger partial charge in [0.1, 0.15) is 0 Å². The SMILES string of the molecule is COC(=O)/C=C/c1ccc(-c2cccs2)cc1. The van der Waals surface area contributed by atoms with Gasteiger partial charge < -0.3 is 4.74 Å². The predicted octanol–water partition coefficient (Wildman–Crippen LogP) is 3.60. The number of hydrogen-bond donors (Lipinski definition) is 0. The van der Waals surface area contributed by atoms with Crippen LogP contribution in [0.25, 0.3) is 16.5 Å². The second-order valence-corrected chi connectivity index (χ2v) is 4.40. The first kappa shape index (κ1) is 11.6. The van der Waals surface area contributed by atoms with Crippen LogP contribution in [0.5, 0.6) is 0 Å². The van der Waals surface area contributed by atoms with E-state index in [1.54, 1.807) is 17.4 Å². The normalized spacial score (nSPS) is 10.6. The van der Waals surface area contributed by atoms with Gasteiger partial charge >= 0.3 is 5.97 Å². The number of ether oxygens (including phenoxy) is 1. The lowest BCUT2D eigenvalue weighted by atomic mass is 10.1. The minimum absolute atomic E-state index is 0.340. The highest BCUT2D eigenvalue weighted by atomic mass is 32.1. The number of rotatable bonds is 3. The van der Waals surface area contributed by atoms with E-state index in [9.17, 15) is 4.79 Å². The fraction of sp³-hybridized carbons (Fsp3) is 0.0714. The number of esters is 1. The van der Waals surface area contributed by atoms with Gasteiger partial charge in [-0.3, -0.25) is 0 Å². The molecule has 3 heteroatoms. The fourth-order valence-corrected chi connectivity index (χ4v) is 2.17. The zero-order valence-electron chi connectivity index (χ0n) is 9.42. The van der Waals surface area contributed by atoms with Crippen molar-refractivity contribution in [3.05, 3.63) is 53.4 Å². The van der Waals surface area contributed by atoms with Crippen molar-refractivity contribution >= 4 is 23.4 Å². The molecule has 2 nitrogen and oxygen atoms in total. The zero-order chi connectivity index (χ0) is 12.1. The molecule has 0 atom stereocenters. The van der Waals surface area contributed by atoms with Gasteiger partial charge in [-0.25, -0.2) is 4.79 Å². The van der Waals surface area contributed by atoms with Crippen molar-refractivity contribution < 1.29 is 9.53 Å². The van der Waals surface area contributed by atoms with Gasteiger partial charge in [-0.15, -0.1) is 11.3 Å². The van der Waals surface area contributed by atoms with E-state index >= 15 is 0 Å². The van der Waals surface area contributed by atoms with Gasteiger partial charge in [0.15, 0.2) is 0 Å². The average Bonchev–Trinajstić information content (AvgIpc) is 2.90. The standard InChI is InChI=1S/C14H12O2S/c1-16-14(15)9-6-11-4-7-12(8-5-11)13-3-2-10-17-13/h2-10H,1H3/b9-6+. The Kier molecular flexibility index (Phi) is 3.73. The summed E-state index contributed by atoms with van der Waals surface area (Å²) < 4.78 is 4.53. The average molecular weight is 244 g/mol. The first-order chi connectivity index (χ1) is 8.29. The summed E-state index contributed by atoms with van der Waals surface area (Å²) in [4.78, 5) is 12.2. The molecule has 2 aromatic rings. The van der Waals surface area contributed by atoms with Crippen LogP contribution in [-0.4, -0.2) is 13.1 Å². The minimum atomic E-state index is -0.340. The maximum absolute atomic E-state index is 10.9. The summed E-state index contributed by atoms with van der Waals surface area (Å²) >= 11 is 1.71. The Labute approximate surface area is 104 Å². The maximum Gasteiger partial charge on any atom is 0.330 e. The molecule has 0 aliphatic rings. The number of benzene rings is 1. The molecule has 0 bridgehead atoms. The highest BCUT2D eigenvalue weighted by Gasteiger charge is 1.97. The van der Waals surface area contributed by atoms with Gasteiger partial charge in [0, 0.05) is 11.0 Å². The quantitative estimate of drug-likeness (QED) is 0.609. The second kappa shape index (κ2) is 5.46. The maximum atomic E-state index is 10.9. The van der Waals surface area contributed by atoms with Gasteiger partial charge in [0.2, 0.25) is 0 Å². The Hall–Kier alpha value is -1.87. The van der Waals surface area contributed by atoms with Crippen molar-refractivity contribution in [2.45, 2.75) is 0 Å². The minimum Gasteiger partial charge on any atom is -0.466 e. The smallest absolute Gasteiger partial charge is 0.330 e. The summed E-state index contributed by atoms with van der Waals surface area (Å²) in [5.41, 5.74) is 2.17. The van der Waals surface area contributed by atoms with E-state index < -0.39 is 0 Å². The molecule has 86 valence electrons. The van der Waals surface area contributed by atoms with Crippen LogP contribution >= 0.6 is 11.3 Å². The van der Waals surface area contributed by atoms with E-state index in [0.29, 0.717) is 0 Å². The highest BCUT2D eigenvalue weighted by molar-refractivity contribution is 7.13. The summed E-state index contributed by atoms with van der Waals surface area (Å²) in [5.74, 6) is -0.340. The van der Waals surface area contributed by atoms with E-state index in [2.05, 4.69) is 16.2 Å². The largest absolute Gasteiger partial charge is 0.466 e. The molecule has 0 saturated carbocycles. The lowest BCUT2D eigenvalue weighted by Crippen LogP contribution is -1.93. The van der Waals surface area contributed by atoms with Crippen LogP contribution in [0.2, 0.25) is 0 Å². The summed E-state index contributed by atoms with van der Waals surface area (Å²) in [6, 6.07) is 12.2. The van der Waals surface area contributed by atoms with Crippen molar-refractivity contribution in [3.63, 3.8) is 0 Å². The third-order valence-corrected chi connectivity index (χ3v) is 3.25. The molecular formula is C14H12O2S. The van der Waals surface area contributed by atoms with E-state index in [0.717, 1.165) is 5.56 Å². The lowest BCUT2D eigenvalue weighted by Gasteiger charge is -1.98. The van der Waals surface area contributed by atoms with Gasteiger partial charge in [-0.05, 0) is 28.6 Å².